The highest BCUT2D eigenvalue weighted by Gasteiger charge is 2.32. The average molecular weight is 300 g/mol. The summed E-state index contributed by atoms with van der Waals surface area (Å²) in [5.41, 5.74) is -0.467. The van der Waals surface area contributed by atoms with Gasteiger partial charge in [0.15, 0.2) is 5.78 Å². The molecule has 0 radical (unpaired) electrons. The SMILES string of the molecule is COC(C(=O)c1ccc(C(F)(F)F)cc1)C1CCCCC1. The maximum atomic E-state index is 12.5. The van der Waals surface area contributed by atoms with Crippen LogP contribution in [0.3, 0.4) is 0 Å². The second-order valence-electron chi connectivity index (χ2n) is 5.49. The number of Topliss-reactive ketones (excluding diaryl/α,β-unsaturated/α-hetero) is 1. The minimum Gasteiger partial charge on any atom is -0.373 e. The molecule has 1 aromatic carbocycles. The molecule has 116 valence electrons. The van der Waals surface area contributed by atoms with E-state index in [0.717, 1.165) is 37.8 Å². The van der Waals surface area contributed by atoms with Crippen molar-refractivity contribution in [2.45, 2.75) is 44.4 Å². The maximum absolute atomic E-state index is 12.5. The molecule has 0 bridgehead atoms. The summed E-state index contributed by atoms with van der Waals surface area (Å²) in [4.78, 5) is 12.4. The number of benzene rings is 1. The van der Waals surface area contributed by atoms with Gasteiger partial charge in [-0.3, -0.25) is 4.79 Å². The molecule has 0 amide bonds. The first-order valence-electron chi connectivity index (χ1n) is 7.17. The van der Waals surface area contributed by atoms with Crippen LogP contribution in [0, 0.1) is 5.92 Å². The van der Waals surface area contributed by atoms with E-state index in [1.165, 1.54) is 25.7 Å². The predicted octanol–water partition coefficient (Wildman–Crippen LogP) is 4.48. The normalized spacial score (nSPS) is 18.5. The molecular weight excluding hydrogens is 281 g/mol. The second kappa shape index (κ2) is 6.60. The van der Waals surface area contributed by atoms with Crippen molar-refractivity contribution in [1.29, 1.82) is 0 Å². The largest absolute Gasteiger partial charge is 0.416 e. The highest BCUT2D eigenvalue weighted by atomic mass is 19.4. The molecule has 1 unspecified atom stereocenters. The topological polar surface area (TPSA) is 26.3 Å². The number of carbonyl (C=O) groups is 1. The van der Waals surface area contributed by atoms with Gasteiger partial charge in [-0.15, -0.1) is 0 Å². The Balaban J connectivity index is 2.13. The van der Waals surface area contributed by atoms with E-state index in [2.05, 4.69) is 0 Å². The van der Waals surface area contributed by atoms with Gasteiger partial charge in [0.05, 0.1) is 5.56 Å². The van der Waals surface area contributed by atoms with Crippen LogP contribution in [0.15, 0.2) is 24.3 Å². The summed E-state index contributed by atoms with van der Waals surface area (Å²) in [5.74, 6) is -0.0586. The van der Waals surface area contributed by atoms with Crippen LogP contribution in [0.4, 0.5) is 13.2 Å². The minimum atomic E-state index is -4.38. The Morgan fingerprint density at radius 1 is 1.14 bits per heavy atom. The predicted molar refractivity (Wildman–Crippen MR) is 73.1 cm³/mol. The molecule has 1 aromatic rings. The molecule has 21 heavy (non-hydrogen) atoms. The maximum Gasteiger partial charge on any atom is 0.416 e. The summed E-state index contributed by atoms with van der Waals surface area (Å²) >= 11 is 0. The summed E-state index contributed by atoms with van der Waals surface area (Å²) in [6.45, 7) is 0. The Hall–Kier alpha value is -1.36. The molecule has 2 rings (SSSR count). The Labute approximate surface area is 122 Å². The lowest BCUT2D eigenvalue weighted by molar-refractivity contribution is -0.137. The summed E-state index contributed by atoms with van der Waals surface area (Å²) in [7, 11) is 1.49. The molecule has 1 aliphatic rings. The average Bonchev–Trinajstić information content (AvgIpc) is 2.48. The smallest absolute Gasteiger partial charge is 0.373 e. The van der Waals surface area contributed by atoms with Crippen molar-refractivity contribution in [1.82, 2.24) is 0 Å². The summed E-state index contributed by atoms with van der Waals surface area (Å²) in [5, 5.41) is 0. The van der Waals surface area contributed by atoms with Gasteiger partial charge < -0.3 is 4.74 Å². The molecule has 1 saturated carbocycles. The summed E-state index contributed by atoms with van der Waals surface area (Å²) in [6, 6.07) is 4.36. The van der Waals surface area contributed by atoms with Gasteiger partial charge in [0, 0.05) is 12.7 Å². The van der Waals surface area contributed by atoms with Crippen LogP contribution in [-0.4, -0.2) is 19.0 Å². The van der Waals surface area contributed by atoms with E-state index in [-0.39, 0.29) is 17.3 Å². The van der Waals surface area contributed by atoms with Crippen molar-refractivity contribution in [3.8, 4) is 0 Å². The fraction of sp³-hybridized carbons (Fsp3) is 0.562. The lowest BCUT2D eigenvalue weighted by atomic mass is 9.82. The molecule has 1 aliphatic carbocycles. The molecule has 0 N–H and O–H groups in total. The second-order valence-corrected chi connectivity index (χ2v) is 5.49. The Morgan fingerprint density at radius 2 is 1.71 bits per heavy atom. The Kier molecular flexibility index (Phi) is 5.04. The van der Waals surface area contributed by atoms with Gasteiger partial charge in [-0.2, -0.15) is 13.2 Å². The molecule has 5 heteroatoms. The van der Waals surface area contributed by atoms with Crippen LogP contribution in [0.25, 0.3) is 0 Å². The highest BCUT2D eigenvalue weighted by molar-refractivity contribution is 5.99. The van der Waals surface area contributed by atoms with Crippen LogP contribution in [0.1, 0.15) is 48.0 Å². The standard InChI is InChI=1S/C16H19F3O2/c1-21-15(12-5-3-2-4-6-12)14(20)11-7-9-13(10-8-11)16(17,18)19/h7-10,12,15H,2-6H2,1H3. The number of methoxy groups -OCH3 is 1. The third-order valence-electron chi connectivity index (χ3n) is 4.09. The van der Waals surface area contributed by atoms with Crippen LogP contribution >= 0.6 is 0 Å². The lowest BCUT2D eigenvalue weighted by Crippen LogP contribution is -2.33. The fourth-order valence-corrected chi connectivity index (χ4v) is 2.94. The molecule has 2 nitrogen and oxygen atoms in total. The van der Waals surface area contributed by atoms with Crippen molar-refractivity contribution in [2.24, 2.45) is 5.92 Å². The van der Waals surface area contributed by atoms with Gasteiger partial charge in [-0.1, -0.05) is 31.4 Å². The van der Waals surface area contributed by atoms with Crippen LogP contribution < -0.4 is 0 Å². The number of halogens is 3. The third kappa shape index (κ3) is 3.84. The lowest BCUT2D eigenvalue weighted by Gasteiger charge is -2.28. The zero-order valence-electron chi connectivity index (χ0n) is 12.0. The van der Waals surface area contributed by atoms with E-state index in [1.807, 2.05) is 0 Å². The van der Waals surface area contributed by atoms with Crippen molar-refractivity contribution < 1.29 is 22.7 Å². The zero-order valence-corrected chi connectivity index (χ0v) is 12.0. The number of hydrogen-bond donors (Lipinski definition) is 0. The van der Waals surface area contributed by atoms with Crippen molar-refractivity contribution in [2.75, 3.05) is 7.11 Å². The van der Waals surface area contributed by atoms with Crippen molar-refractivity contribution in [3.05, 3.63) is 35.4 Å². The monoisotopic (exact) mass is 300 g/mol. The van der Waals surface area contributed by atoms with Gasteiger partial charge in [0.1, 0.15) is 6.10 Å². The number of carbonyl (C=O) groups excluding carboxylic acids is 1. The number of ketones is 1. The van der Waals surface area contributed by atoms with Gasteiger partial charge in [-0.05, 0) is 30.9 Å². The molecule has 0 heterocycles. The quantitative estimate of drug-likeness (QED) is 0.766. The van der Waals surface area contributed by atoms with Crippen LogP contribution in [0.5, 0.6) is 0 Å². The summed E-state index contributed by atoms with van der Waals surface area (Å²) < 4.78 is 42.9. The molecular formula is C16H19F3O2. The van der Waals surface area contributed by atoms with E-state index in [1.54, 1.807) is 0 Å². The highest BCUT2D eigenvalue weighted by Crippen LogP contribution is 2.31. The molecule has 0 aromatic heterocycles. The first-order chi connectivity index (χ1) is 9.93. The number of alkyl halides is 3. The Morgan fingerprint density at radius 3 is 2.19 bits per heavy atom. The third-order valence-corrected chi connectivity index (χ3v) is 4.09. The molecule has 0 spiro atoms. The fourth-order valence-electron chi connectivity index (χ4n) is 2.94. The first-order valence-corrected chi connectivity index (χ1v) is 7.17. The molecule has 1 fully saturated rings. The summed E-state index contributed by atoms with van der Waals surface area (Å²) in [6.07, 6.45) is 0.250. The van der Waals surface area contributed by atoms with Crippen molar-refractivity contribution in [3.63, 3.8) is 0 Å². The minimum absolute atomic E-state index is 0.165. The van der Waals surface area contributed by atoms with Gasteiger partial charge in [-0.25, -0.2) is 0 Å². The number of ether oxygens (including phenoxy) is 1. The number of rotatable bonds is 4. The van der Waals surface area contributed by atoms with Crippen LogP contribution in [-0.2, 0) is 10.9 Å². The van der Waals surface area contributed by atoms with Crippen molar-refractivity contribution >= 4 is 5.78 Å². The van der Waals surface area contributed by atoms with E-state index < -0.39 is 17.8 Å². The zero-order chi connectivity index (χ0) is 15.5. The molecule has 0 saturated heterocycles. The van der Waals surface area contributed by atoms with Crippen LogP contribution in [0.2, 0.25) is 0 Å². The first kappa shape index (κ1) is 16.0. The molecule has 1 atom stereocenters. The molecule has 0 aliphatic heterocycles. The number of hydrogen-bond acceptors (Lipinski definition) is 2. The van der Waals surface area contributed by atoms with E-state index in [9.17, 15) is 18.0 Å². The van der Waals surface area contributed by atoms with Gasteiger partial charge in [0.25, 0.3) is 0 Å². The van der Waals surface area contributed by atoms with E-state index in [4.69, 9.17) is 4.74 Å². The van der Waals surface area contributed by atoms with Gasteiger partial charge >= 0.3 is 6.18 Å². The van der Waals surface area contributed by atoms with Gasteiger partial charge in [0.2, 0.25) is 0 Å². The van der Waals surface area contributed by atoms with E-state index >= 15 is 0 Å². The Bertz CT molecular complexity index is 473. The van der Waals surface area contributed by atoms with E-state index in [0.29, 0.717) is 0 Å².